The fourth-order valence-corrected chi connectivity index (χ4v) is 2.24. The number of nitrogens with one attached hydrogen (secondary N) is 2. The largest absolute Gasteiger partial charge is 0.491 e. The summed E-state index contributed by atoms with van der Waals surface area (Å²) >= 11 is 0. The van der Waals surface area contributed by atoms with E-state index in [0.717, 1.165) is 6.42 Å². The second-order valence-corrected chi connectivity index (χ2v) is 5.59. The number of hydrogen-bond donors (Lipinski definition) is 3. The fraction of sp³-hybridized carbons (Fsp3) is 0.316. The zero-order chi connectivity index (χ0) is 18.8. The lowest BCUT2D eigenvalue weighted by molar-refractivity contribution is 0.172. The molecule has 2 aromatic rings. The molecule has 2 aromatic carbocycles. The van der Waals surface area contributed by atoms with E-state index in [1.54, 1.807) is 25.3 Å². The molecule has 0 aliphatic rings. The molecule has 0 aliphatic heterocycles. The quantitative estimate of drug-likeness (QED) is 0.599. The highest BCUT2D eigenvalue weighted by molar-refractivity contribution is 5.90. The van der Waals surface area contributed by atoms with Crippen molar-refractivity contribution in [3.05, 3.63) is 59.9 Å². The topological polar surface area (TPSA) is 79.8 Å². The maximum Gasteiger partial charge on any atom is 0.319 e. The Balaban J connectivity index is 1.84. The van der Waals surface area contributed by atoms with Gasteiger partial charge in [-0.05, 0) is 29.8 Å². The van der Waals surface area contributed by atoms with Crippen LogP contribution in [0.4, 0.5) is 14.9 Å². The first-order chi connectivity index (χ1) is 12.6. The van der Waals surface area contributed by atoms with Crippen LogP contribution in [-0.4, -0.2) is 38.0 Å². The summed E-state index contributed by atoms with van der Waals surface area (Å²) in [5, 5.41) is 15.3. The van der Waals surface area contributed by atoms with Crippen molar-refractivity contribution in [3.8, 4) is 5.75 Å². The molecular formula is C19H23FN2O4. The summed E-state index contributed by atoms with van der Waals surface area (Å²) in [5.74, 6) is 0.173. The number of aliphatic hydroxyl groups is 1. The van der Waals surface area contributed by atoms with Crippen LogP contribution in [0.25, 0.3) is 0 Å². The first-order valence-electron chi connectivity index (χ1n) is 8.29. The molecule has 1 unspecified atom stereocenters. The summed E-state index contributed by atoms with van der Waals surface area (Å²) in [4.78, 5) is 12.1. The average Bonchev–Trinajstić information content (AvgIpc) is 2.65. The van der Waals surface area contributed by atoms with Gasteiger partial charge < -0.3 is 25.2 Å². The van der Waals surface area contributed by atoms with Crippen molar-refractivity contribution in [2.24, 2.45) is 0 Å². The van der Waals surface area contributed by atoms with Crippen LogP contribution in [0, 0.1) is 5.82 Å². The minimum atomic E-state index is -0.929. The third-order valence-electron chi connectivity index (χ3n) is 3.60. The number of rotatable bonds is 9. The summed E-state index contributed by atoms with van der Waals surface area (Å²) in [6.07, 6.45) is -0.192. The number of anilines is 1. The smallest absolute Gasteiger partial charge is 0.319 e. The van der Waals surface area contributed by atoms with Crippen LogP contribution < -0.4 is 15.4 Å². The Hall–Kier alpha value is -2.64. The van der Waals surface area contributed by atoms with E-state index in [2.05, 4.69) is 10.6 Å². The van der Waals surface area contributed by atoms with E-state index in [1.165, 1.54) is 24.3 Å². The zero-order valence-corrected chi connectivity index (χ0v) is 14.6. The van der Waals surface area contributed by atoms with Gasteiger partial charge in [-0.25, -0.2) is 9.18 Å². The highest BCUT2D eigenvalue weighted by atomic mass is 19.1. The van der Waals surface area contributed by atoms with Gasteiger partial charge in [0.05, 0.1) is 18.4 Å². The minimum absolute atomic E-state index is 0.00563. The predicted octanol–water partition coefficient (Wildman–Crippen LogP) is 3.10. The first kappa shape index (κ1) is 19.7. The van der Waals surface area contributed by atoms with Crippen molar-refractivity contribution < 1.29 is 23.8 Å². The number of carbonyl (C=O) groups excluding carboxylic acids is 1. The predicted molar refractivity (Wildman–Crippen MR) is 96.8 cm³/mol. The van der Waals surface area contributed by atoms with Crippen molar-refractivity contribution >= 4 is 11.7 Å². The van der Waals surface area contributed by atoms with Gasteiger partial charge in [0.1, 0.15) is 11.6 Å². The molecule has 0 fully saturated rings. The number of para-hydroxylation sites is 2. The highest BCUT2D eigenvalue weighted by Gasteiger charge is 2.11. The van der Waals surface area contributed by atoms with Crippen molar-refractivity contribution in [1.29, 1.82) is 0 Å². The minimum Gasteiger partial charge on any atom is -0.491 e. The first-order valence-corrected chi connectivity index (χ1v) is 8.29. The Labute approximate surface area is 151 Å². The van der Waals surface area contributed by atoms with Crippen LogP contribution in [0.15, 0.2) is 48.5 Å². The molecule has 0 bridgehead atoms. The number of benzene rings is 2. The van der Waals surface area contributed by atoms with E-state index in [4.69, 9.17) is 9.47 Å². The monoisotopic (exact) mass is 362 g/mol. The molecule has 2 amide bonds. The van der Waals surface area contributed by atoms with E-state index in [9.17, 15) is 14.3 Å². The maximum absolute atomic E-state index is 12.9. The summed E-state index contributed by atoms with van der Waals surface area (Å²) in [7, 11) is 1.63. The average molecular weight is 362 g/mol. The van der Waals surface area contributed by atoms with E-state index in [1.807, 2.05) is 6.07 Å². The van der Waals surface area contributed by atoms with Gasteiger partial charge in [0.2, 0.25) is 0 Å². The van der Waals surface area contributed by atoms with Crippen LogP contribution in [0.5, 0.6) is 5.75 Å². The number of amides is 2. The van der Waals surface area contributed by atoms with E-state index in [0.29, 0.717) is 30.2 Å². The van der Waals surface area contributed by atoms with Crippen molar-refractivity contribution in [2.75, 3.05) is 32.2 Å². The summed E-state index contributed by atoms with van der Waals surface area (Å²) in [6.45, 7) is 1.06. The second kappa shape index (κ2) is 10.4. The molecular weight excluding hydrogens is 339 g/mol. The van der Waals surface area contributed by atoms with Crippen molar-refractivity contribution in [2.45, 2.75) is 12.5 Å². The third-order valence-corrected chi connectivity index (χ3v) is 3.60. The van der Waals surface area contributed by atoms with Gasteiger partial charge in [-0.1, -0.05) is 24.3 Å². The van der Waals surface area contributed by atoms with E-state index in [-0.39, 0.29) is 12.4 Å². The number of carbonyl (C=O) groups is 1. The van der Waals surface area contributed by atoms with Gasteiger partial charge in [-0.15, -0.1) is 0 Å². The number of halogens is 1. The second-order valence-electron chi connectivity index (χ2n) is 5.59. The Morgan fingerprint density at radius 1 is 1.15 bits per heavy atom. The van der Waals surface area contributed by atoms with E-state index < -0.39 is 12.1 Å². The number of methoxy groups -OCH3 is 1. The Bertz CT molecular complexity index is 694. The molecule has 3 N–H and O–H groups in total. The molecule has 1 atom stereocenters. The number of hydrogen-bond acceptors (Lipinski definition) is 4. The van der Waals surface area contributed by atoms with Gasteiger partial charge in [-0.2, -0.15) is 0 Å². The lowest BCUT2D eigenvalue weighted by Crippen LogP contribution is -2.32. The lowest BCUT2D eigenvalue weighted by atomic mass is 10.1. The Morgan fingerprint density at radius 3 is 2.62 bits per heavy atom. The van der Waals surface area contributed by atoms with Crippen molar-refractivity contribution in [3.63, 3.8) is 0 Å². The molecule has 0 aromatic heterocycles. The Kier molecular flexibility index (Phi) is 7.85. The fourth-order valence-electron chi connectivity index (χ4n) is 2.24. The number of ether oxygens (including phenoxy) is 2. The summed E-state index contributed by atoms with van der Waals surface area (Å²) in [6, 6.07) is 12.1. The molecule has 0 saturated heterocycles. The molecule has 0 spiro atoms. The lowest BCUT2D eigenvalue weighted by Gasteiger charge is -2.15. The highest BCUT2D eigenvalue weighted by Crippen LogP contribution is 2.23. The van der Waals surface area contributed by atoms with Crippen molar-refractivity contribution in [1.82, 2.24) is 5.32 Å². The SMILES string of the molecule is COCCCOc1ccccc1NC(=O)NCC(O)c1ccc(F)cc1. The molecule has 0 aliphatic carbocycles. The molecule has 7 heteroatoms. The van der Waals surface area contributed by atoms with Gasteiger partial charge in [-0.3, -0.25) is 0 Å². The third kappa shape index (κ3) is 6.34. The molecule has 6 nitrogen and oxygen atoms in total. The molecule has 26 heavy (non-hydrogen) atoms. The summed E-state index contributed by atoms with van der Waals surface area (Å²) in [5.41, 5.74) is 1.05. The molecule has 140 valence electrons. The molecule has 0 saturated carbocycles. The number of aliphatic hydroxyl groups excluding tert-OH is 1. The normalized spacial score (nSPS) is 11.7. The maximum atomic E-state index is 12.9. The molecule has 0 radical (unpaired) electrons. The van der Waals surface area contributed by atoms with Crippen LogP contribution in [0.3, 0.4) is 0 Å². The standard InChI is InChI=1S/C19H23FN2O4/c1-25-11-4-12-26-18-6-3-2-5-16(18)22-19(24)21-13-17(23)14-7-9-15(20)10-8-14/h2-3,5-10,17,23H,4,11-13H2,1H3,(H2,21,22,24). The van der Waals surface area contributed by atoms with Crippen LogP contribution in [0.1, 0.15) is 18.1 Å². The van der Waals surface area contributed by atoms with Gasteiger partial charge in [0.25, 0.3) is 0 Å². The van der Waals surface area contributed by atoms with E-state index >= 15 is 0 Å². The molecule has 0 heterocycles. The Morgan fingerprint density at radius 2 is 1.88 bits per heavy atom. The van der Waals surface area contributed by atoms with Gasteiger partial charge >= 0.3 is 6.03 Å². The molecule has 2 rings (SSSR count). The van der Waals surface area contributed by atoms with Crippen LogP contribution in [0.2, 0.25) is 0 Å². The van der Waals surface area contributed by atoms with Gasteiger partial charge in [0, 0.05) is 26.7 Å². The van der Waals surface area contributed by atoms with Crippen LogP contribution >= 0.6 is 0 Å². The van der Waals surface area contributed by atoms with Crippen LogP contribution in [-0.2, 0) is 4.74 Å². The number of urea groups is 1. The zero-order valence-electron chi connectivity index (χ0n) is 14.6. The van der Waals surface area contributed by atoms with Gasteiger partial charge in [0.15, 0.2) is 0 Å². The summed E-state index contributed by atoms with van der Waals surface area (Å²) < 4.78 is 23.5.